The van der Waals surface area contributed by atoms with Crippen molar-refractivity contribution < 1.29 is 9.18 Å². The lowest BCUT2D eigenvalue weighted by Crippen LogP contribution is -2.34. The van der Waals surface area contributed by atoms with E-state index in [4.69, 9.17) is 11.6 Å². The molecule has 2 rings (SSSR count). The minimum absolute atomic E-state index is 0.0139. The third-order valence-electron chi connectivity index (χ3n) is 2.86. The van der Waals surface area contributed by atoms with E-state index in [1.54, 1.807) is 0 Å². The van der Waals surface area contributed by atoms with Crippen LogP contribution in [0.5, 0.6) is 0 Å². The first-order valence-corrected chi connectivity index (χ1v) is 5.71. The molecule has 1 unspecified atom stereocenters. The van der Waals surface area contributed by atoms with E-state index in [2.05, 4.69) is 5.32 Å². The molecular formula is C12H13ClFNO. The van der Waals surface area contributed by atoms with Crippen molar-refractivity contribution in [2.24, 2.45) is 5.92 Å². The zero-order valence-electron chi connectivity index (χ0n) is 8.97. The second-order valence-corrected chi connectivity index (χ2v) is 4.66. The van der Waals surface area contributed by atoms with Crippen LogP contribution >= 0.6 is 11.6 Å². The average Bonchev–Trinajstić information content (AvgIpc) is 3.04. The van der Waals surface area contributed by atoms with E-state index in [0.717, 1.165) is 12.8 Å². The van der Waals surface area contributed by atoms with Crippen molar-refractivity contribution in [1.29, 1.82) is 0 Å². The first-order valence-electron chi connectivity index (χ1n) is 5.34. The van der Waals surface area contributed by atoms with Gasteiger partial charge in [-0.2, -0.15) is 0 Å². The Morgan fingerprint density at radius 1 is 1.56 bits per heavy atom. The van der Waals surface area contributed by atoms with Crippen molar-refractivity contribution in [2.45, 2.75) is 25.8 Å². The molecule has 4 heteroatoms. The van der Waals surface area contributed by atoms with E-state index < -0.39 is 5.82 Å². The molecule has 0 radical (unpaired) electrons. The van der Waals surface area contributed by atoms with Gasteiger partial charge < -0.3 is 5.32 Å². The van der Waals surface area contributed by atoms with Gasteiger partial charge in [-0.1, -0.05) is 11.6 Å². The molecule has 1 aliphatic carbocycles. The summed E-state index contributed by atoms with van der Waals surface area (Å²) in [4.78, 5) is 11.8. The highest BCUT2D eigenvalue weighted by Gasteiger charge is 2.29. The maximum absolute atomic E-state index is 13.4. The molecule has 1 aromatic carbocycles. The molecule has 0 aliphatic heterocycles. The van der Waals surface area contributed by atoms with Crippen molar-refractivity contribution in [1.82, 2.24) is 5.32 Å². The van der Waals surface area contributed by atoms with Gasteiger partial charge in [0.05, 0.1) is 5.56 Å². The van der Waals surface area contributed by atoms with Crippen molar-refractivity contribution in [3.8, 4) is 0 Å². The van der Waals surface area contributed by atoms with Gasteiger partial charge in [-0.25, -0.2) is 4.39 Å². The molecule has 0 saturated heterocycles. The molecule has 1 amide bonds. The third kappa shape index (κ3) is 2.53. The quantitative estimate of drug-likeness (QED) is 0.866. The van der Waals surface area contributed by atoms with Crippen molar-refractivity contribution in [3.63, 3.8) is 0 Å². The predicted molar refractivity (Wildman–Crippen MR) is 61.1 cm³/mol. The Kier molecular flexibility index (Phi) is 3.15. The Morgan fingerprint density at radius 3 is 2.88 bits per heavy atom. The Labute approximate surface area is 98.8 Å². The summed E-state index contributed by atoms with van der Waals surface area (Å²) >= 11 is 5.73. The number of hydrogen-bond donors (Lipinski definition) is 1. The molecule has 0 spiro atoms. The summed E-state index contributed by atoms with van der Waals surface area (Å²) in [6.45, 7) is 1.94. The molecule has 0 heterocycles. The van der Waals surface area contributed by atoms with Crippen LogP contribution in [-0.2, 0) is 0 Å². The summed E-state index contributed by atoms with van der Waals surface area (Å²) in [5, 5.41) is 3.15. The lowest BCUT2D eigenvalue weighted by Gasteiger charge is -2.13. The Bertz CT molecular complexity index is 417. The number of benzene rings is 1. The standard InChI is InChI=1S/C12H13ClFNO/c1-7(8-2-3-8)15-12(16)10-6-9(13)4-5-11(10)14/h4-8H,2-3H2,1H3,(H,15,16). The van der Waals surface area contributed by atoms with E-state index in [9.17, 15) is 9.18 Å². The van der Waals surface area contributed by atoms with Gasteiger partial charge in [0.15, 0.2) is 0 Å². The lowest BCUT2D eigenvalue weighted by molar-refractivity contribution is 0.0932. The Hall–Kier alpha value is -1.09. The SMILES string of the molecule is CC(NC(=O)c1cc(Cl)ccc1F)C1CC1. The predicted octanol–water partition coefficient (Wildman–Crippen LogP) is 3.01. The van der Waals surface area contributed by atoms with Gasteiger partial charge in [0.1, 0.15) is 5.82 Å². The number of carbonyl (C=O) groups is 1. The molecular weight excluding hydrogens is 229 g/mol. The molecule has 0 bridgehead atoms. The first kappa shape index (κ1) is 11.4. The maximum Gasteiger partial charge on any atom is 0.254 e. The van der Waals surface area contributed by atoms with Crippen LogP contribution < -0.4 is 5.32 Å². The minimum Gasteiger partial charge on any atom is -0.349 e. The van der Waals surface area contributed by atoms with Crippen LogP contribution in [0, 0.1) is 11.7 Å². The summed E-state index contributed by atoms with van der Waals surface area (Å²) in [6.07, 6.45) is 2.28. The Balaban J connectivity index is 2.10. The van der Waals surface area contributed by atoms with E-state index >= 15 is 0 Å². The van der Waals surface area contributed by atoms with Gasteiger partial charge in [-0.05, 0) is 43.9 Å². The van der Waals surface area contributed by atoms with Crippen molar-refractivity contribution >= 4 is 17.5 Å². The number of rotatable bonds is 3. The highest BCUT2D eigenvalue weighted by Crippen LogP contribution is 2.32. The molecule has 16 heavy (non-hydrogen) atoms. The number of carbonyl (C=O) groups excluding carboxylic acids is 1. The zero-order chi connectivity index (χ0) is 11.7. The van der Waals surface area contributed by atoms with E-state index in [0.29, 0.717) is 10.9 Å². The molecule has 2 nitrogen and oxygen atoms in total. The molecule has 0 aromatic heterocycles. The molecule has 1 aliphatic rings. The van der Waals surface area contributed by atoms with Crippen LogP contribution in [-0.4, -0.2) is 11.9 Å². The fourth-order valence-electron chi connectivity index (χ4n) is 1.67. The fraction of sp³-hybridized carbons (Fsp3) is 0.417. The summed E-state index contributed by atoms with van der Waals surface area (Å²) < 4.78 is 13.4. The second kappa shape index (κ2) is 4.42. The number of hydrogen-bond acceptors (Lipinski definition) is 1. The van der Waals surface area contributed by atoms with Crippen LogP contribution in [0.2, 0.25) is 5.02 Å². The molecule has 1 atom stereocenters. The van der Waals surface area contributed by atoms with Gasteiger partial charge in [0.25, 0.3) is 5.91 Å². The molecule has 86 valence electrons. The van der Waals surface area contributed by atoms with Crippen molar-refractivity contribution in [2.75, 3.05) is 0 Å². The normalized spacial score (nSPS) is 16.9. The summed E-state index contributed by atoms with van der Waals surface area (Å²) in [7, 11) is 0. The van der Waals surface area contributed by atoms with Crippen molar-refractivity contribution in [3.05, 3.63) is 34.6 Å². The topological polar surface area (TPSA) is 29.1 Å². The monoisotopic (exact) mass is 241 g/mol. The molecule has 1 saturated carbocycles. The minimum atomic E-state index is -0.537. The molecule has 1 fully saturated rings. The first-order chi connectivity index (χ1) is 7.58. The number of nitrogens with one attached hydrogen (secondary N) is 1. The number of amides is 1. The lowest BCUT2D eigenvalue weighted by atomic mass is 10.1. The van der Waals surface area contributed by atoms with Crippen LogP contribution in [0.4, 0.5) is 4.39 Å². The highest BCUT2D eigenvalue weighted by atomic mass is 35.5. The van der Waals surface area contributed by atoms with Gasteiger partial charge in [-0.3, -0.25) is 4.79 Å². The molecule has 1 N–H and O–H groups in total. The van der Waals surface area contributed by atoms with Crippen LogP contribution in [0.3, 0.4) is 0 Å². The van der Waals surface area contributed by atoms with Crippen LogP contribution in [0.1, 0.15) is 30.1 Å². The zero-order valence-corrected chi connectivity index (χ0v) is 9.72. The largest absolute Gasteiger partial charge is 0.349 e. The number of halogens is 2. The Morgan fingerprint density at radius 2 is 2.25 bits per heavy atom. The van der Waals surface area contributed by atoms with Crippen LogP contribution in [0.15, 0.2) is 18.2 Å². The van der Waals surface area contributed by atoms with E-state index in [-0.39, 0.29) is 17.5 Å². The highest BCUT2D eigenvalue weighted by molar-refractivity contribution is 6.31. The average molecular weight is 242 g/mol. The van der Waals surface area contributed by atoms with Gasteiger partial charge in [-0.15, -0.1) is 0 Å². The third-order valence-corrected chi connectivity index (χ3v) is 3.10. The summed E-state index contributed by atoms with van der Waals surface area (Å²) in [5.74, 6) is -0.379. The van der Waals surface area contributed by atoms with Gasteiger partial charge >= 0.3 is 0 Å². The van der Waals surface area contributed by atoms with E-state index in [1.165, 1.54) is 18.2 Å². The van der Waals surface area contributed by atoms with Gasteiger partial charge in [0, 0.05) is 11.1 Å². The van der Waals surface area contributed by atoms with Gasteiger partial charge in [0.2, 0.25) is 0 Å². The summed E-state index contributed by atoms with van der Waals surface area (Å²) in [5.41, 5.74) is 0.0139. The smallest absolute Gasteiger partial charge is 0.254 e. The second-order valence-electron chi connectivity index (χ2n) is 4.22. The maximum atomic E-state index is 13.4. The van der Waals surface area contributed by atoms with E-state index in [1.807, 2.05) is 6.92 Å². The molecule has 1 aromatic rings. The fourth-order valence-corrected chi connectivity index (χ4v) is 1.84. The summed E-state index contributed by atoms with van der Waals surface area (Å²) in [6, 6.07) is 4.09. The van der Waals surface area contributed by atoms with Crippen LogP contribution in [0.25, 0.3) is 0 Å².